The summed E-state index contributed by atoms with van der Waals surface area (Å²) < 4.78 is 10.8. The van der Waals surface area contributed by atoms with Gasteiger partial charge in [-0.3, -0.25) is 4.90 Å². The maximum absolute atomic E-state index is 5.51. The van der Waals surface area contributed by atoms with E-state index in [9.17, 15) is 0 Å². The Bertz CT molecular complexity index is 340. The highest BCUT2D eigenvalue weighted by Gasteiger charge is 2.09. The molecule has 0 atom stereocenters. The minimum Gasteiger partial charge on any atom is -0.444 e. The number of hydrogen-bond acceptors (Lipinski definition) is 5. The molecule has 0 amide bonds. The number of nitrogens with zero attached hydrogens (tertiary/aromatic N) is 2. The lowest BCUT2D eigenvalue weighted by Crippen LogP contribution is -2.37. The molecule has 1 fully saturated rings. The molecule has 1 aromatic heterocycles. The lowest BCUT2D eigenvalue weighted by molar-refractivity contribution is 0.0374. The molecule has 18 heavy (non-hydrogen) atoms. The minimum absolute atomic E-state index is 0.720. The van der Waals surface area contributed by atoms with Crippen LogP contribution in [0.4, 0.5) is 0 Å². The Labute approximate surface area is 109 Å². The Balaban J connectivity index is 1.55. The number of aromatic nitrogens is 1. The first kappa shape index (κ1) is 13.5. The zero-order chi connectivity index (χ0) is 12.8. The molecule has 2 heterocycles. The topological polar surface area (TPSA) is 50.5 Å². The molecular formula is C13H23N3O2. The normalized spacial score (nSPS) is 17.2. The number of rotatable bonds is 6. The van der Waals surface area contributed by atoms with Crippen molar-refractivity contribution in [1.29, 1.82) is 0 Å². The van der Waals surface area contributed by atoms with Crippen LogP contribution >= 0.6 is 0 Å². The number of oxazole rings is 1. The van der Waals surface area contributed by atoms with Gasteiger partial charge in [-0.1, -0.05) is 0 Å². The quantitative estimate of drug-likeness (QED) is 0.770. The molecular weight excluding hydrogens is 230 g/mol. The van der Waals surface area contributed by atoms with Crippen molar-refractivity contribution in [3.8, 4) is 0 Å². The van der Waals surface area contributed by atoms with Gasteiger partial charge in [0.1, 0.15) is 5.76 Å². The van der Waals surface area contributed by atoms with E-state index in [1.807, 2.05) is 13.8 Å². The largest absolute Gasteiger partial charge is 0.444 e. The predicted molar refractivity (Wildman–Crippen MR) is 69.6 cm³/mol. The van der Waals surface area contributed by atoms with Crippen LogP contribution in [-0.4, -0.2) is 49.3 Å². The van der Waals surface area contributed by atoms with Gasteiger partial charge < -0.3 is 14.5 Å². The summed E-state index contributed by atoms with van der Waals surface area (Å²) in [5.41, 5.74) is 0.986. The van der Waals surface area contributed by atoms with Gasteiger partial charge in [-0.25, -0.2) is 4.98 Å². The summed E-state index contributed by atoms with van der Waals surface area (Å²) in [4.78, 5) is 6.79. The number of aryl methyl sites for hydroxylation is 2. The fraction of sp³-hybridized carbons (Fsp3) is 0.769. The first-order valence-corrected chi connectivity index (χ1v) is 6.69. The van der Waals surface area contributed by atoms with Gasteiger partial charge in [-0.2, -0.15) is 0 Å². The highest BCUT2D eigenvalue weighted by atomic mass is 16.5. The van der Waals surface area contributed by atoms with Crippen LogP contribution in [0.2, 0.25) is 0 Å². The number of morpholine rings is 1. The van der Waals surface area contributed by atoms with Gasteiger partial charge in [0.2, 0.25) is 5.89 Å². The molecule has 0 bridgehead atoms. The van der Waals surface area contributed by atoms with Crippen molar-refractivity contribution in [2.45, 2.75) is 26.8 Å². The Morgan fingerprint density at radius 2 is 2.06 bits per heavy atom. The fourth-order valence-corrected chi connectivity index (χ4v) is 2.06. The van der Waals surface area contributed by atoms with Crippen LogP contribution in [0, 0.1) is 13.8 Å². The molecule has 5 nitrogen and oxygen atoms in total. The van der Waals surface area contributed by atoms with Crippen molar-refractivity contribution in [2.75, 3.05) is 39.4 Å². The van der Waals surface area contributed by atoms with Gasteiger partial charge in [0.25, 0.3) is 0 Å². The highest BCUT2D eigenvalue weighted by Crippen LogP contribution is 2.07. The average Bonchev–Trinajstić information content (AvgIpc) is 2.70. The molecule has 0 saturated carbocycles. The standard InChI is InChI=1S/C13H23N3O2/c1-11-12(2)18-13(15-11)10-14-4-3-5-16-6-8-17-9-7-16/h14H,3-10H2,1-2H3. The lowest BCUT2D eigenvalue weighted by Gasteiger charge is -2.26. The molecule has 5 heteroatoms. The minimum atomic E-state index is 0.720. The van der Waals surface area contributed by atoms with Crippen LogP contribution in [-0.2, 0) is 11.3 Å². The molecule has 2 rings (SSSR count). The third kappa shape index (κ3) is 4.08. The number of nitrogens with one attached hydrogen (secondary N) is 1. The first-order chi connectivity index (χ1) is 8.75. The molecule has 0 unspecified atom stereocenters. The average molecular weight is 253 g/mol. The summed E-state index contributed by atoms with van der Waals surface area (Å²) in [7, 11) is 0. The van der Waals surface area contributed by atoms with Gasteiger partial charge >= 0.3 is 0 Å². The molecule has 1 aromatic rings. The van der Waals surface area contributed by atoms with E-state index < -0.39 is 0 Å². The maximum Gasteiger partial charge on any atom is 0.208 e. The van der Waals surface area contributed by atoms with Gasteiger partial charge in [-0.15, -0.1) is 0 Å². The second-order valence-electron chi connectivity index (χ2n) is 4.73. The zero-order valence-electron chi connectivity index (χ0n) is 11.4. The summed E-state index contributed by atoms with van der Waals surface area (Å²) in [5.74, 6) is 1.71. The van der Waals surface area contributed by atoms with E-state index in [2.05, 4.69) is 15.2 Å². The highest BCUT2D eigenvalue weighted by molar-refractivity contribution is 5.04. The van der Waals surface area contributed by atoms with Crippen LogP contribution in [0.3, 0.4) is 0 Å². The van der Waals surface area contributed by atoms with E-state index in [0.29, 0.717) is 0 Å². The van der Waals surface area contributed by atoms with Crippen molar-refractivity contribution in [2.24, 2.45) is 0 Å². The van der Waals surface area contributed by atoms with Crippen LogP contribution in [0.5, 0.6) is 0 Å². The molecule has 1 aliphatic rings. The molecule has 0 aliphatic carbocycles. The van der Waals surface area contributed by atoms with Gasteiger partial charge in [0.05, 0.1) is 25.5 Å². The van der Waals surface area contributed by atoms with Crippen molar-refractivity contribution in [3.05, 3.63) is 17.3 Å². The van der Waals surface area contributed by atoms with E-state index >= 15 is 0 Å². The van der Waals surface area contributed by atoms with Crippen LogP contribution in [0.1, 0.15) is 23.8 Å². The first-order valence-electron chi connectivity index (χ1n) is 6.69. The van der Waals surface area contributed by atoms with E-state index in [1.54, 1.807) is 0 Å². The Hall–Kier alpha value is -0.910. The van der Waals surface area contributed by atoms with Gasteiger partial charge in [0, 0.05) is 13.1 Å². The molecule has 0 radical (unpaired) electrons. The number of ether oxygens (including phenoxy) is 1. The lowest BCUT2D eigenvalue weighted by atomic mass is 10.3. The van der Waals surface area contributed by atoms with Crippen LogP contribution < -0.4 is 5.32 Å². The van der Waals surface area contributed by atoms with E-state index in [4.69, 9.17) is 9.15 Å². The molecule has 1 N–H and O–H groups in total. The third-order valence-corrected chi connectivity index (χ3v) is 3.28. The van der Waals surface area contributed by atoms with Gasteiger partial charge in [-0.05, 0) is 33.4 Å². The van der Waals surface area contributed by atoms with E-state index in [1.165, 1.54) is 0 Å². The fourth-order valence-electron chi connectivity index (χ4n) is 2.06. The maximum atomic E-state index is 5.51. The summed E-state index contributed by atoms with van der Waals surface area (Å²) in [6.45, 7) is 10.7. The molecule has 1 saturated heterocycles. The Morgan fingerprint density at radius 3 is 2.72 bits per heavy atom. The second kappa shape index (κ2) is 6.87. The molecule has 102 valence electrons. The summed E-state index contributed by atoms with van der Waals surface area (Å²) in [5, 5.41) is 3.37. The van der Waals surface area contributed by atoms with Crippen molar-refractivity contribution in [3.63, 3.8) is 0 Å². The Kier molecular flexibility index (Phi) is 5.16. The van der Waals surface area contributed by atoms with Crippen molar-refractivity contribution in [1.82, 2.24) is 15.2 Å². The summed E-state index contributed by atoms with van der Waals surface area (Å²) in [6.07, 6.45) is 1.15. The smallest absolute Gasteiger partial charge is 0.208 e. The van der Waals surface area contributed by atoms with E-state index in [0.717, 1.165) is 69.7 Å². The monoisotopic (exact) mass is 253 g/mol. The van der Waals surface area contributed by atoms with Crippen molar-refractivity contribution < 1.29 is 9.15 Å². The van der Waals surface area contributed by atoms with Crippen LogP contribution in [0.25, 0.3) is 0 Å². The molecule has 1 aliphatic heterocycles. The summed E-state index contributed by atoms with van der Waals surface area (Å²) >= 11 is 0. The van der Waals surface area contributed by atoms with Gasteiger partial charge in [0.15, 0.2) is 0 Å². The van der Waals surface area contributed by atoms with Crippen molar-refractivity contribution >= 4 is 0 Å². The third-order valence-electron chi connectivity index (χ3n) is 3.28. The number of hydrogen-bond donors (Lipinski definition) is 1. The molecule has 0 spiro atoms. The predicted octanol–water partition coefficient (Wildman–Crippen LogP) is 1.10. The van der Waals surface area contributed by atoms with E-state index in [-0.39, 0.29) is 0 Å². The SMILES string of the molecule is Cc1nc(CNCCCN2CCOCC2)oc1C. The second-order valence-corrected chi connectivity index (χ2v) is 4.73. The van der Waals surface area contributed by atoms with Crippen LogP contribution in [0.15, 0.2) is 4.42 Å². The Morgan fingerprint density at radius 1 is 1.28 bits per heavy atom. The molecule has 0 aromatic carbocycles. The zero-order valence-corrected chi connectivity index (χ0v) is 11.4. The summed E-state index contributed by atoms with van der Waals surface area (Å²) in [6, 6.07) is 0.